The molecule has 33 heavy (non-hydrogen) atoms. The average Bonchev–Trinajstić information content (AvgIpc) is 2.81. The van der Waals surface area contributed by atoms with E-state index in [9.17, 15) is 9.59 Å². The van der Waals surface area contributed by atoms with Crippen molar-refractivity contribution in [1.29, 1.82) is 0 Å². The van der Waals surface area contributed by atoms with Crippen LogP contribution in [-0.2, 0) is 9.59 Å². The molecule has 1 unspecified atom stereocenters. The summed E-state index contributed by atoms with van der Waals surface area (Å²) >= 11 is 12.5. The average molecular weight is 498 g/mol. The summed E-state index contributed by atoms with van der Waals surface area (Å²) in [7, 11) is 2.93. The Morgan fingerprint density at radius 2 is 1.64 bits per heavy atom. The van der Waals surface area contributed by atoms with Gasteiger partial charge in [0.1, 0.15) is 5.69 Å². The molecule has 2 aromatic rings. The van der Waals surface area contributed by atoms with Gasteiger partial charge in [0.15, 0.2) is 28.8 Å². The molecular formula is C22H25Cl2N3O6. The normalized spacial score (nSPS) is 11.7. The third-order valence-electron chi connectivity index (χ3n) is 4.31. The summed E-state index contributed by atoms with van der Waals surface area (Å²) < 4.78 is 22.4. The molecule has 0 bridgehead atoms. The molecule has 0 aliphatic heterocycles. The van der Waals surface area contributed by atoms with Gasteiger partial charge in [0.2, 0.25) is 6.04 Å². The predicted molar refractivity (Wildman–Crippen MR) is 126 cm³/mol. The van der Waals surface area contributed by atoms with Crippen molar-refractivity contribution in [2.24, 2.45) is 10.2 Å². The molecule has 2 aromatic carbocycles. The number of amides is 1. The highest BCUT2D eigenvalue weighted by Crippen LogP contribution is 2.43. The van der Waals surface area contributed by atoms with E-state index in [1.54, 1.807) is 25.1 Å². The molecule has 0 fully saturated rings. The molecule has 178 valence electrons. The number of nitrogens with zero attached hydrogens (tertiary/aromatic N) is 3. The zero-order valence-electron chi connectivity index (χ0n) is 18.9. The molecule has 0 radical (unpaired) electrons. The highest BCUT2D eigenvalue weighted by molar-refractivity contribution is 6.39. The molecule has 0 N–H and O–H groups in total. The fraction of sp³-hybridized carbons (Fsp3) is 0.364. The molecule has 1 atom stereocenters. The molecule has 0 saturated carbocycles. The van der Waals surface area contributed by atoms with Gasteiger partial charge in [-0.05, 0) is 45.0 Å². The second-order valence-corrected chi connectivity index (χ2v) is 7.22. The highest BCUT2D eigenvalue weighted by Gasteiger charge is 2.30. The minimum atomic E-state index is -1.52. The Hall–Kier alpha value is -3.04. The molecule has 0 aliphatic carbocycles. The van der Waals surface area contributed by atoms with Gasteiger partial charge in [0, 0.05) is 17.8 Å². The number of rotatable bonds is 11. The lowest BCUT2D eigenvalue weighted by atomic mass is 10.2. The number of anilines is 1. The summed E-state index contributed by atoms with van der Waals surface area (Å²) in [6.45, 7) is 5.52. The topological polar surface area (TPSA) is 99.0 Å². The van der Waals surface area contributed by atoms with Gasteiger partial charge in [0.05, 0.1) is 38.1 Å². The van der Waals surface area contributed by atoms with Gasteiger partial charge in [-0.3, -0.25) is 9.59 Å². The van der Waals surface area contributed by atoms with Gasteiger partial charge in [-0.25, -0.2) is 4.42 Å². The van der Waals surface area contributed by atoms with E-state index in [-0.39, 0.29) is 22.1 Å². The third-order valence-corrected chi connectivity index (χ3v) is 4.98. The summed E-state index contributed by atoms with van der Waals surface area (Å²) in [6.07, 6.45) is 0. The number of methoxy groups -OCH3 is 2. The molecule has 0 saturated heterocycles. The first kappa shape index (κ1) is 26.2. The van der Waals surface area contributed by atoms with Crippen LogP contribution in [0.2, 0.25) is 5.02 Å². The van der Waals surface area contributed by atoms with Crippen LogP contribution in [0.4, 0.5) is 11.4 Å². The largest absolute Gasteiger partial charge is 0.493 e. The van der Waals surface area contributed by atoms with Crippen LogP contribution in [0, 0.1) is 0 Å². The quantitative estimate of drug-likeness (QED) is 0.234. The fourth-order valence-corrected chi connectivity index (χ4v) is 3.16. The number of carbonyl (C=O) groups excluding carboxylic acids is 2. The monoisotopic (exact) mass is 497 g/mol. The highest BCUT2D eigenvalue weighted by atomic mass is 35.5. The summed E-state index contributed by atoms with van der Waals surface area (Å²) in [4.78, 5) is 25.2. The molecule has 0 spiro atoms. The Morgan fingerprint density at radius 3 is 2.21 bits per heavy atom. The van der Waals surface area contributed by atoms with E-state index in [1.165, 1.54) is 33.3 Å². The summed E-state index contributed by atoms with van der Waals surface area (Å²) in [5.74, 6) is 0.102. The van der Waals surface area contributed by atoms with Crippen LogP contribution >= 0.6 is 23.4 Å². The number of hydrogen-bond acceptors (Lipinski definition) is 8. The van der Waals surface area contributed by atoms with Gasteiger partial charge in [-0.15, -0.1) is 5.11 Å². The van der Waals surface area contributed by atoms with Crippen LogP contribution in [0.25, 0.3) is 0 Å². The summed E-state index contributed by atoms with van der Waals surface area (Å²) in [5, 5.41) is 8.22. The predicted octanol–water partition coefficient (Wildman–Crippen LogP) is 5.38. The first-order valence-corrected chi connectivity index (χ1v) is 10.7. The lowest BCUT2D eigenvalue weighted by molar-refractivity contribution is -0.126. The van der Waals surface area contributed by atoms with E-state index in [0.717, 1.165) is 4.42 Å². The fourth-order valence-electron chi connectivity index (χ4n) is 2.78. The Labute approximate surface area is 202 Å². The minimum absolute atomic E-state index is 0.135. The maximum Gasteiger partial charge on any atom is 0.276 e. The Balaban J connectivity index is 2.41. The zero-order chi connectivity index (χ0) is 24.5. The first-order chi connectivity index (χ1) is 15.8. The van der Waals surface area contributed by atoms with Crippen LogP contribution < -0.4 is 23.4 Å². The molecule has 9 nitrogen and oxygen atoms in total. The molecule has 0 aromatic heterocycles. The van der Waals surface area contributed by atoms with Crippen molar-refractivity contribution in [1.82, 2.24) is 0 Å². The van der Waals surface area contributed by atoms with Gasteiger partial charge >= 0.3 is 0 Å². The molecule has 0 heterocycles. The van der Waals surface area contributed by atoms with Crippen molar-refractivity contribution in [2.75, 3.05) is 31.9 Å². The number of azo groups is 1. The third kappa shape index (κ3) is 6.27. The number of ether oxygens (including phenoxy) is 4. The van der Waals surface area contributed by atoms with Crippen molar-refractivity contribution in [2.45, 2.75) is 26.8 Å². The number of hydrogen-bond donors (Lipinski definition) is 0. The second-order valence-electron chi connectivity index (χ2n) is 6.48. The van der Waals surface area contributed by atoms with Crippen LogP contribution in [0.15, 0.2) is 40.6 Å². The Kier molecular flexibility index (Phi) is 9.74. The Morgan fingerprint density at radius 1 is 1.00 bits per heavy atom. The minimum Gasteiger partial charge on any atom is -0.493 e. The van der Waals surface area contributed by atoms with Crippen LogP contribution in [0.5, 0.6) is 23.0 Å². The van der Waals surface area contributed by atoms with E-state index < -0.39 is 17.7 Å². The number of benzene rings is 2. The lowest BCUT2D eigenvalue weighted by Crippen LogP contribution is -2.36. The number of carbonyl (C=O) groups is 2. The zero-order valence-corrected chi connectivity index (χ0v) is 20.4. The van der Waals surface area contributed by atoms with E-state index in [4.69, 9.17) is 42.3 Å². The van der Waals surface area contributed by atoms with E-state index in [0.29, 0.717) is 30.5 Å². The number of ketones is 1. The molecule has 0 aliphatic rings. The van der Waals surface area contributed by atoms with E-state index in [2.05, 4.69) is 10.2 Å². The van der Waals surface area contributed by atoms with Crippen LogP contribution in [-0.4, -0.2) is 45.2 Å². The maximum absolute atomic E-state index is 13.0. The molecule has 1 amide bonds. The summed E-state index contributed by atoms with van der Waals surface area (Å²) in [5.41, 5.74) is 0.392. The van der Waals surface area contributed by atoms with Gasteiger partial charge in [-0.1, -0.05) is 11.6 Å². The van der Waals surface area contributed by atoms with Crippen LogP contribution in [0.3, 0.4) is 0 Å². The molecule has 2 rings (SSSR count). The molecular weight excluding hydrogens is 473 g/mol. The van der Waals surface area contributed by atoms with E-state index >= 15 is 0 Å². The van der Waals surface area contributed by atoms with Gasteiger partial charge in [-0.2, -0.15) is 5.11 Å². The number of Topliss-reactive ketones (excluding diaryl/α,β-unsaturated/α-hetero) is 1. The standard InChI is InChI=1S/C22H25Cl2N3O6/c1-6-32-17-11-9-15(23)20(21(17)33-7-2)26-25-19(13(3)28)22(29)27(24)14-8-10-16(30-4)18(12-14)31-5/h8-12,19H,6-7H2,1-5H3. The molecule has 11 heteroatoms. The van der Waals surface area contributed by atoms with Crippen molar-refractivity contribution < 1.29 is 28.5 Å². The smallest absolute Gasteiger partial charge is 0.276 e. The van der Waals surface area contributed by atoms with Crippen molar-refractivity contribution in [3.8, 4) is 23.0 Å². The van der Waals surface area contributed by atoms with Crippen LogP contribution in [0.1, 0.15) is 20.8 Å². The van der Waals surface area contributed by atoms with E-state index in [1.807, 2.05) is 6.92 Å². The van der Waals surface area contributed by atoms with Gasteiger partial charge < -0.3 is 18.9 Å². The second kappa shape index (κ2) is 12.3. The SMILES string of the molecule is CCOc1ccc(Cl)c(N=NC(C(C)=O)C(=O)N(Cl)c2ccc(OC)c(OC)c2)c1OCC. The maximum atomic E-state index is 13.0. The summed E-state index contributed by atoms with van der Waals surface area (Å²) in [6, 6.07) is 6.29. The lowest BCUT2D eigenvalue weighted by Gasteiger charge is -2.18. The Bertz CT molecular complexity index is 1030. The van der Waals surface area contributed by atoms with Gasteiger partial charge in [0.25, 0.3) is 5.91 Å². The van der Waals surface area contributed by atoms with Crippen molar-refractivity contribution in [3.63, 3.8) is 0 Å². The van der Waals surface area contributed by atoms with Crippen molar-refractivity contribution >= 4 is 46.4 Å². The first-order valence-electron chi connectivity index (χ1n) is 10.00. The van der Waals surface area contributed by atoms with Crippen molar-refractivity contribution in [3.05, 3.63) is 35.4 Å². The number of halogens is 2.